The van der Waals surface area contributed by atoms with Gasteiger partial charge in [-0.1, -0.05) is 35.6 Å². The molecule has 5 rings (SSSR count). The standard InChI is InChI=1S/C31H34ClN7O3/c1-31(13-7-18-38(31)25(40)10-6-17-37(2)3)14-11-21-20-33-15-12-22(21)26-27(28-30(41)34-16-19-39(28)36-26)35-24-9-5-8-23(32)29(24)42-4/h5-6,8-10,12,15,20,35H,7,13,16-19H2,1-4H3,(H,34,41)/b10-6+/t31-/m1/s1. The number of amides is 2. The van der Waals surface area contributed by atoms with Gasteiger partial charge in [-0.05, 0) is 52.1 Å². The Morgan fingerprint density at radius 1 is 1.31 bits per heavy atom. The van der Waals surface area contributed by atoms with E-state index in [-0.39, 0.29) is 11.8 Å². The van der Waals surface area contributed by atoms with E-state index in [4.69, 9.17) is 21.4 Å². The maximum Gasteiger partial charge on any atom is 0.271 e. The molecule has 1 atom stereocenters. The fourth-order valence-corrected chi connectivity index (χ4v) is 5.52. The Morgan fingerprint density at radius 3 is 2.93 bits per heavy atom. The van der Waals surface area contributed by atoms with Crippen LogP contribution in [0.2, 0.25) is 5.02 Å². The van der Waals surface area contributed by atoms with Crippen molar-refractivity contribution in [1.29, 1.82) is 0 Å². The van der Waals surface area contributed by atoms with Crippen molar-refractivity contribution in [2.45, 2.75) is 31.8 Å². The van der Waals surface area contributed by atoms with Gasteiger partial charge in [0.25, 0.3) is 5.91 Å². The van der Waals surface area contributed by atoms with Crippen LogP contribution in [0.25, 0.3) is 11.3 Å². The Kier molecular flexibility index (Phi) is 8.52. The molecule has 2 aromatic heterocycles. The largest absolute Gasteiger partial charge is 0.493 e. The molecule has 42 heavy (non-hydrogen) atoms. The SMILES string of the molecule is COc1c(Cl)cccc1Nc1c(-c2ccncc2C#C[C@@]2(C)CCCN2C(=O)/C=C/CN(C)C)nn2c1C(=O)NCC2. The minimum Gasteiger partial charge on any atom is -0.493 e. The number of nitrogens with zero attached hydrogens (tertiary/aromatic N) is 5. The van der Waals surface area contributed by atoms with E-state index in [0.29, 0.717) is 70.8 Å². The highest BCUT2D eigenvalue weighted by atomic mass is 35.5. The number of benzene rings is 1. The lowest BCUT2D eigenvalue weighted by Gasteiger charge is -2.29. The summed E-state index contributed by atoms with van der Waals surface area (Å²) in [6, 6.07) is 7.20. The fraction of sp³-hybridized carbons (Fsp3) is 0.355. The zero-order chi connectivity index (χ0) is 29.9. The maximum atomic E-state index is 13.0. The van der Waals surface area contributed by atoms with Crippen LogP contribution in [-0.2, 0) is 11.3 Å². The van der Waals surface area contributed by atoms with Crippen molar-refractivity contribution in [1.82, 2.24) is 29.9 Å². The van der Waals surface area contributed by atoms with E-state index in [1.165, 1.54) is 0 Å². The van der Waals surface area contributed by atoms with Crippen LogP contribution in [0.4, 0.5) is 11.4 Å². The molecule has 0 saturated carbocycles. The van der Waals surface area contributed by atoms with Gasteiger partial charge >= 0.3 is 0 Å². The number of carbonyl (C=O) groups is 2. The summed E-state index contributed by atoms with van der Waals surface area (Å²) in [6.45, 7) is 4.32. The highest BCUT2D eigenvalue weighted by Gasteiger charge is 2.37. The number of methoxy groups -OCH3 is 1. The third kappa shape index (κ3) is 5.84. The first kappa shape index (κ1) is 29.2. The first-order valence-corrected chi connectivity index (χ1v) is 14.2. The van der Waals surface area contributed by atoms with E-state index in [9.17, 15) is 9.59 Å². The van der Waals surface area contributed by atoms with E-state index in [0.717, 1.165) is 12.8 Å². The van der Waals surface area contributed by atoms with Gasteiger partial charge < -0.3 is 25.2 Å². The maximum absolute atomic E-state index is 13.0. The number of halogens is 1. The topological polar surface area (TPSA) is 105 Å². The Morgan fingerprint density at radius 2 is 2.14 bits per heavy atom. The van der Waals surface area contributed by atoms with E-state index < -0.39 is 5.54 Å². The summed E-state index contributed by atoms with van der Waals surface area (Å²) >= 11 is 6.39. The Balaban J connectivity index is 1.55. The number of anilines is 2. The van der Waals surface area contributed by atoms with Gasteiger partial charge in [-0.25, -0.2) is 0 Å². The predicted octanol–water partition coefficient (Wildman–Crippen LogP) is 3.94. The van der Waals surface area contributed by atoms with Gasteiger partial charge in [-0.15, -0.1) is 0 Å². The molecule has 11 heteroatoms. The van der Waals surface area contributed by atoms with Crippen LogP contribution in [0.5, 0.6) is 5.75 Å². The van der Waals surface area contributed by atoms with Crippen LogP contribution in [-0.4, -0.2) is 82.8 Å². The van der Waals surface area contributed by atoms with Gasteiger partial charge in [0, 0.05) is 43.7 Å². The number of nitrogens with one attached hydrogen (secondary N) is 2. The quantitative estimate of drug-likeness (QED) is 0.319. The molecule has 1 saturated heterocycles. The summed E-state index contributed by atoms with van der Waals surface area (Å²) in [5.74, 6) is 6.85. The second-order valence-corrected chi connectivity index (χ2v) is 11.1. The van der Waals surface area contributed by atoms with Crippen molar-refractivity contribution in [3.8, 4) is 28.8 Å². The van der Waals surface area contributed by atoms with Crippen LogP contribution in [0.15, 0.2) is 48.8 Å². The highest BCUT2D eigenvalue weighted by molar-refractivity contribution is 6.32. The number of pyridine rings is 1. The average molecular weight is 588 g/mol. The van der Waals surface area contributed by atoms with Crippen LogP contribution in [0.3, 0.4) is 0 Å². The van der Waals surface area contributed by atoms with E-state index in [1.807, 2.05) is 49.0 Å². The Bertz CT molecular complexity index is 1600. The zero-order valence-corrected chi connectivity index (χ0v) is 25.0. The first-order chi connectivity index (χ1) is 20.2. The van der Waals surface area contributed by atoms with Gasteiger partial charge in [0.15, 0.2) is 5.75 Å². The van der Waals surface area contributed by atoms with Crippen molar-refractivity contribution in [2.75, 3.05) is 46.2 Å². The third-order valence-corrected chi connectivity index (χ3v) is 7.69. The Labute approximate surface area is 250 Å². The molecule has 10 nitrogen and oxygen atoms in total. The van der Waals surface area contributed by atoms with Crippen molar-refractivity contribution in [2.24, 2.45) is 0 Å². The minimum absolute atomic E-state index is 0.0488. The monoisotopic (exact) mass is 587 g/mol. The summed E-state index contributed by atoms with van der Waals surface area (Å²) in [6.07, 6.45) is 8.49. The lowest BCUT2D eigenvalue weighted by molar-refractivity contribution is -0.128. The van der Waals surface area contributed by atoms with E-state index >= 15 is 0 Å². The fourth-order valence-electron chi connectivity index (χ4n) is 5.27. The number of para-hydroxylation sites is 1. The molecule has 218 valence electrons. The summed E-state index contributed by atoms with van der Waals surface area (Å²) in [4.78, 5) is 34.3. The molecule has 1 aromatic carbocycles. The number of rotatable bonds is 7. The molecule has 2 amide bonds. The second-order valence-electron chi connectivity index (χ2n) is 10.7. The number of fused-ring (bicyclic) bond motifs is 1. The van der Waals surface area contributed by atoms with Crippen molar-refractivity contribution in [3.63, 3.8) is 0 Å². The number of hydrogen-bond donors (Lipinski definition) is 2. The molecule has 2 aliphatic rings. The van der Waals surface area contributed by atoms with Gasteiger partial charge in [0.2, 0.25) is 5.91 Å². The molecule has 2 aliphatic heterocycles. The molecule has 1 fully saturated rings. The van der Waals surface area contributed by atoms with Crippen molar-refractivity contribution < 1.29 is 14.3 Å². The normalized spacial score (nSPS) is 18.0. The van der Waals surface area contributed by atoms with Crippen LogP contribution < -0.4 is 15.4 Å². The van der Waals surface area contributed by atoms with Gasteiger partial charge in [0.05, 0.1) is 35.6 Å². The summed E-state index contributed by atoms with van der Waals surface area (Å²) in [5, 5.41) is 11.5. The van der Waals surface area contributed by atoms with Crippen molar-refractivity contribution in [3.05, 3.63) is 65.1 Å². The molecular weight excluding hydrogens is 554 g/mol. The number of ether oxygens (including phenoxy) is 1. The smallest absolute Gasteiger partial charge is 0.271 e. The van der Waals surface area contributed by atoms with Crippen LogP contribution in [0.1, 0.15) is 35.8 Å². The summed E-state index contributed by atoms with van der Waals surface area (Å²) in [5.41, 5.74) is 2.77. The zero-order valence-electron chi connectivity index (χ0n) is 24.2. The van der Waals surface area contributed by atoms with Gasteiger partial charge in [0.1, 0.15) is 16.9 Å². The molecule has 2 N–H and O–H groups in total. The number of aromatic nitrogens is 3. The van der Waals surface area contributed by atoms with Crippen LogP contribution >= 0.6 is 11.6 Å². The lowest BCUT2D eigenvalue weighted by Crippen LogP contribution is -2.43. The molecule has 0 unspecified atom stereocenters. The van der Waals surface area contributed by atoms with Gasteiger partial charge in [-0.3, -0.25) is 19.3 Å². The van der Waals surface area contributed by atoms with Gasteiger partial charge in [-0.2, -0.15) is 5.10 Å². The molecule has 3 aromatic rings. The molecular formula is C31H34ClN7O3. The molecule has 0 radical (unpaired) electrons. The second kappa shape index (κ2) is 12.3. The number of carbonyl (C=O) groups excluding carboxylic acids is 2. The Hall–Kier alpha value is -4.33. The van der Waals surface area contributed by atoms with Crippen molar-refractivity contribution >= 4 is 34.8 Å². The number of likely N-dealkylation sites (N-methyl/N-ethyl adjacent to an activating group) is 1. The molecule has 4 heterocycles. The third-order valence-electron chi connectivity index (χ3n) is 7.39. The molecule has 0 spiro atoms. The predicted molar refractivity (Wildman–Crippen MR) is 163 cm³/mol. The highest BCUT2D eigenvalue weighted by Crippen LogP contribution is 2.40. The summed E-state index contributed by atoms with van der Waals surface area (Å²) < 4.78 is 7.24. The molecule has 0 bridgehead atoms. The molecule has 0 aliphatic carbocycles. The van der Waals surface area contributed by atoms with E-state index in [1.54, 1.807) is 42.4 Å². The first-order valence-electron chi connectivity index (χ1n) is 13.8. The average Bonchev–Trinajstić information content (AvgIpc) is 3.53. The summed E-state index contributed by atoms with van der Waals surface area (Å²) in [7, 11) is 5.46. The van der Waals surface area contributed by atoms with Crippen LogP contribution in [0, 0.1) is 11.8 Å². The van der Waals surface area contributed by atoms with E-state index in [2.05, 4.69) is 27.5 Å². The number of likely N-dealkylation sites (tertiary alicyclic amines) is 1. The lowest BCUT2D eigenvalue weighted by atomic mass is 9.98. The minimum atomic E-state index is -0.630. The number of hydrogen-bond acceptors (Lipinski definition) is 7.